The Morgan fingerprint density at radius 1 is 0.783 bits per heavy atom. The first kappa shape index (κ1) is 30.3. The summed E-state index contributed by atoms with van der Waals surface area (Å²) in [6.07, 6.45) is -0.199. The summed E-state index contributed by atoms with van der Waals surface area (Å²) in [5.41, 5.74) is 2.27. The minimum absolute atomic E-state index is 0.00820. The number of nitrogens with zero attached hydrogens (tertiary/aromatic N) is 1. The second kappa shape index (κ2) is 13.2. The van der Waals surface area contributed by atoms with Crippen molar-refractivity contribution >= 4 is 22.6 Å². The van der Waals surface area contributed by atoms with Crippen molar-refractivity contribution in [1.82, 2.24) is 0 Å². The van der Waals surface area contributed by atoms with E-state index < -0.39 is 11.1 Å². The smallest absolute Gasteiger partial charge is 0.169 e. The Balaban J connectivity index is 1.25. The standard InChI is InChI=1S/C40H34FNO3S/c41-35-24-14-13-23-33(35)39-28-44-37(34(39)27-46-38(42-39)25-36(43)29-15-5-1-6-16-29)26-45-40(30-17-7-2-8-18-30,31-19-9-3-10-20-31)32-21-11-4-12-22-32/h1-24,34,37H,25-28H2/t34-,37-,39-/m1/s1. The first-order valence-corrected chi connectivity index (χ1v) is 16.6. The van der Waals surface area contributed by atoms with E-state index in [0.29, 0.717) is 21.9 Å². The van der Waals surface area contributed by atoms with Crippen molar-refractivity contribution in [2.75, 3.05) is 19.0 Å². The molecule has 0 amide bonds. The second-order valence-electron chi connectivity index (χ2n) is 11.7. The van der Waals surface area contributed by atoms with Gasteiger partial charge in [-0.15, -0.1) is 11.8 Å². The molecule has 0 radical (unpaired) electrons. The molecule has 2 heterocycles. The van der Waals surface area contributed by atoms with E-state index in [1.165, 1.54) is 6.07 Å². The molecule has 7 rings (SSSR count). The third-order valence-corrected chi connectivity index (χ3v) is 10.2. The number of carbonyl (C=O) groups excluding carboxylic acids is 1. The lowest BCUT2D eigenvalue weighted by Gasteiger charge is -2.39. The molecule has 230 valence electrons. The molecule has 0 N–H and O–H groups in total. The molecule has 0 unspecified atom stereocenters. The van der Waals surface area contributed by atoms with Gasteiger partial charge in [0.15, 0.2) is 5.78 Å². The van der Waals surface area contributed by atoms with E-state index in [0.717, 1.165) is 16.7 Å². The van der Waals surface area contributed by atoms with Crippen molar-refractivity contribution in [3.8, 4) is 0 Å². The maximum absolute atomic E-state index is 15.6. The molecule has 1 fully saturated rings. The van der Waals surface area contributed by atoms with E-state index in [9.17, 15) is 4.79 Å². The average molecular weight is 628 g/mol. The van der Waals surface area contributed by atoms with Crippen LogP contribution in [-0.4, -0.2) is 35.9 Å². The van der Waals surface area contributed by atoms with E-state index in [2.05, 4.69) is 36.4 Å². The van der Waals surface area contributed by atoms with E-state index in [-0.39, 0.29) is 43.3 Å². The van der Waals surface area contributed by atoms with Crippen molar-refractivity contribution < 1.29 is 18.7 Å². The molecule has 5 aromatic rings. The SMILES string of the molecule is O=C(CC1=N[C@@]2(c3ccccc3F)CO[C@H](COC(c3ccccc3)(c3ccccc3)c3ccccc3)[C@H]2CS1)c1ccccc1. The fourth-order valence-electron chi connectivity index (χ4n) is 6.81. The summed E-state index contributed by atoms with van der Waals surface area (Å²) < 4.78 is 29.3. The van der Waals surface area contributed by atoms with Gasteiger partial charge in [-0.1, -0.05) is 140 Å². The zero-order valence-corrected chi connectivity index (χ0v) is 26.1. The van der Waals surface area contributed by atoms with Crippen LogP contribution in [0, 0.1) is 11.7 Å². The molecular formula is C40H34FNO3S. The third kappa shape index (κ3) is 5.62. The van der Waals surface area contributed by atoms with Crippen LogP contribution in [0.15, 0.2) is 151 Å². The number of halogens is 1. The number of carbonyl (C=O) groups is 1. The lowest BCUT2D eigenvalue weighted by Crippen LogP contribution is -2.43. The van der Waals surface area contributed by atoms with Crippen LogP contribution in [0.25, 0.3) is 0 Å². The van der Waals surface area contributed by atoms with E-state index in [1.54, 1.807) is 23.9 Å². The summed E-state index contributed by atoms with van der Waals surface area (Å²) in [4.78, 5) is 18.4. The number of benzene rings is 5. The molecule has 2 aliphatic rings. The zero-order chi connectivity index (χ0) is 31.4. The van der Waals surface area contributed by atoms with Crippen LogP contribution in [0.1, 0.15) is 39.0 Å². The third-order valence-electron chi connectivity index (χ3n) is 9.09. The van der Waals surface area contributed by atoms with Crippen molar-refractivity contribution in [3.05, 3.63) is 179 Å². The lowest BCUT2D eigenvalue weighted by atomic mass is 9.78. The fraction of sp³-hybridized carbons (Fsp3) is 0.200. The fourth-order valence-corrected chi connectivity index (χ4v) is 8.13. The zero-order valence-electron chi connectivity index (χ0n) is 25.3. The minimum Gasteiger partial charge on any atom is -0.372 e. The van der Waals surface area contributed by atoms with Crippen molar-refractivity contribution in [2.24, 2.45) is 10.9 Å². The van der Waals surface area contributed by atoms with Gasteiger partial charge in [-0.3, -0.25) is 9.79 Å². The van der Waals surface area contributed by atoms with Crippen LogP contribution >= 0.6 is 11.8 Å². The minimum atomic E-state index is -0.966. The first-order chi connectivity index (χ1) is 22.6. The highest BCUT2D eigenvalue weighted by Gasteiger charge is 2.55. The van der Waals surface area contributed by atoms with E-state index >= 15 is 4.39 Å². The molecule has 0 aliphatic carbocycles. The van der Waals surface area contributed by atoms with Crippen molar-refractivity contribution in [2.45, 2.75) is 23.7 Å². The molecule has 46 heavy (non-hydrogen) atoms. The van der Waals surface area contributed by atoms with Gasteiger partial charge in [-0.05, 0) is 22.8 Å². The Hall–Kier alpha value is -4.36. The molecule has 4 nitrogen and oxygen atoms in total. The maximum atomic E-state index is 15.6. The van der Waals surface area contributed by atoms with Crippen LogP contribution in [0.4, 0.5) is 4.39 Å². The molecule has 1 saturated heterocycles. The van der Waals surface area contributed by atoms with Gasteiger partial charge in [0, 0.05) is 22.8 Å². The van der Waals surface area contributed by atoms with Gasteiger partial charge in [0.05, 0.1) is 30.8 Å². The number of ketones is 1. The quantitative estimate of drug-likeness (QED) is 0.115. The highest BCUT2D eigenvalue weighted by Crippen LogP contribution is 2.50. The van der Waals surface area contributed by atoms with Gasteiger partial charge in [0.2, 0.25) is 0 Å². The first-order valence-electron chi connectivity index (χ1n) is 15.6. The monoisotopic (exact) mass is 627 g/mol. The summed E-state index contributed by atoms with van der Waals surface area (Å²) in [7, 11) is 0. The molecule has 2 aliphatic heterocycles. The van der Waals surface area contributed by atoms with E-state index in [1.807, 2.05) is 91.0 Å². The van der Waals surface area contributed by atoms with Gasteiger partial charge in [-0.25, -0.2) is 4.39 Å². The Morgan fingerprint density at radius 3 is 1.87 bits per heavy atom. The second-order valence-corrected chi connectivity index (χ2v) is 12.8. The lowest BCUT2D eigenvalue weighted by molar-refractivity contribution is -0.0536. The van der Waals surface area contributed by atoms with Gasteiger partial charge in [0.25, 0.3) is 0 Å². The molecule has 0 bridgehead atoms. The number of Topliss-reactive ketones (excluding diaryl/α,β-unsaturated/α-hetero) is 1. The number of ether oxygens (including phenoxy) is 2. The summed E-state index contributed by atoms with van der Waals surface area (Å²) in [6.45, 7) is 0.457. The summed E-state index contributed by atoms with van der Waals surface area (Å²) in [5.74, 6) is 0.114. The number of aliphatic imine (C=N–C) groups is 1. The maximum Gasteiger partial charge on any atom is 0.169 e. The average Bonchev–Trinajstić information content (AvgIpc) is 3.49. The molecule has 5 aromatic carbocycles. The Labute approximate surface area is 273 Å². The molecule has 6 heteroatoms. The Morgan fingerprint density at radius 2 is 1.30 bits per heavy atom. The number of hydrogen-bond donors (Lipinski definition) is 0. The number of hydrogen-bond acceptors (Lipinski definition) is 5. The highest BCUT2D eigenvalue weighted by atomic mass is 32.2. The molecule has 3 atom stereocenters. The molecule has 0 spiro atoms. The Bertz CT molecular complexity index is 1720. The van der Waals surface area contributed by atoms with Crippen molar-refractivity contribution in [3.63, 3.8) is 0 Å². The van der Waals surface area contributed by atoms with Crippen LogP contribution in [-0.2, 0) is 20.6 Å². The predicted octanol–water partition coefficient (Wildman–Crippen LogP) is 8.46. The largest absolute Gasteiger partial charge is 0.372 e. The topological polar surface area (TPSA) is 47.9 Å². The summed E-state index contributed by atoms with van der Waals surface area (Å²) in [5, 5.41) is 0.700. The van der Waals surface area contributed by atoms with Gasteiger partial charge in [0.1, 0.15) is 17.0 Å². The number of thioether (sulfide) groups is 1. The van der Waals surface area contributed by atoms with E-state index in [4.69, 9.17) is 14.5 Å². The van der Waals surface area contributed by atoms with Crippen LogP contribution in [0.5, 0.6) is 0 Å². The van der Waals surface area contributed by atoms with Gasteiger partial charge < -0.3 is 9.47 Å². The van der Waals surface area contributed by atoms with Crippen molar-refractivity contribution in [1.29, 1.82) is 0 Å². The summed E-state index contributed by atoms with van der Waals surface area (Å²) in [6, 6.07) is 46.8. The Kier molecular flexibility index (Phi) is 8.67. The van der Waals surface area contributed by atoms with Crippen LogP contribution in [0.3, 0.4) is 0 Å². The number of rotatable bonds is 10. The van der Waals surface area contributed by atoms with Crippen LogP contribution in [0.2, 0.25) is 0 Å². The molecular weight excluding hydrogens is 594 g/mol. The highest BCUT2D eigenvalue weighted by molar-refractivity contribution is 8.14. The molecule has 0 saturated carbocycles. The molecule has 0 aromatic heterocycles. The normalized spacial score (nSPS) is 20.9. The number of fused-ring (bicyclic) bond motifs is 1. The predicted molar refractivity (Wildman–Crippen MR) is 182 cm³/mol. The van der Waals surface area contributed by atoms with Gasteiger partial charge >= 0.3 is 0 Å². The van der Waals surface area contributed by atoms with Gasteiger partial charge in [-0.2, -0.15) is 0 Å². The van der Waals surface area contributed by atoms with Crippen LogP contribution < -0.4 is 0 Å². The summed E-state index contributed by atoms with van der Waals surface area (Å²) >= 11 is 1.56.